The van der Waals surface area contributed by atoms with Crippen molar-refractivity contribution in [1.29, 1.82) is 0 Å². The van der Waals surface area contributed by atoms with Crippen LogP contribution in [0.5, 0.6) is 5.75 Å². The van der Waals surface area contributed by atoms with Gasteiger partial charge >= 0.3 is 5.97 Å². The van der Waals surface area contributed by atoms with Crippen molar-refractivity contribution in [3.63, 3.8) is 0 Å². The van der Waals surface area contributed by atoms with E-state index in [1.54, 1.807) is 36.1 Å². The van der Waals surface area contributed by atoms with Crippen molar-refractivity contribution in [1.82, 2.24) is 4.90 Å². The number of ether oxygens (including phenoxy) is 2. The fourth-order valence-electron chi connectivity index (χ4n) is 4.29. The minimum absolute atomic E-state index is 0.110. The zero-order valence-electron chi connectivity index (χ0n) is 22.1. The van der Waals surface area contributed by atoms with Gasteiger partial charge in [-0.1, -0.05) is 58.4 Å². The Hall–Kier alpha value is -3.88. The van der Waals surface area contributed by atoms with Crippen LogP contribution in [0.2, 0.25) is 0 Å². The maximum absolute atomic E-state index is 13.5. The molecule has 0 radical (unpaired) electrons. The molecule has 1 amide bonds. The summed E-state index contributed by atoms with van der Waals surface area (Å²) in [6.07, 6.45) is 1.90. The Balaban J connectivity index is 1.47. The van der Waals surface area contributed by atoms with Crippen LogP contribution in [0.25, 0.3) is 16.8 Å². The van der Waals surface area contributed by atoms with Crippen molar-refractivity contribution < 1.29 is 19.1 Å². The van der Waals surface area contributed by atoms with Gasteiger partial charge in [0.05, 0.1) is 22.8 Å². The zero-order valence-corrected chi connectivity index (χ0v) is 24.5. The third-order valence-corrected chi connectivity index (χ3v) is 7.86. The van der Waals surface area contributed by atoms with E-state index in [-0.39, 0.29) is 11.9 Å². The number of likely N-dealkylation sites (N-methyl/N-ethyl adjacent to an activating group) is 1. The molecule has 0 spiro atoms. The molecule has 1 saturated heterocycles. The van der Waals surface area contributed by atoms with Crippen LogP contribution in [-0.2, 0) is 16.1 Å². The minimum Gasteiger partial charge on any atom is -0.488 e. The summed E-state index contributed by atoms with van der Waals surface area (Å²) in [6.45, 7) is 4.89. The summed E-state index contributed by atoms with van der Waals surface area (Å²) < 4.78 is 12.3. The largest absolute Gasteiger partial charge is 0.488 e. The Morgan fingerprint density at radius 2 is 1.73 bits per heavy atom. The Morgan fingerprint density at radius 3 is 2.45 bits per heavy atom. The first-order valence-electron chi connectivity index (χ1n) is 12.9. The number of amidine groups is 1. The van der Waals surface area contributed by atoms with Crippen LogP contribution in [0.15, 0.2) is 99.3 Å². The van der Waals surface area contributed by atoms with Gasteiger partial charge in [-0.3, -0.25) is 9.69 Å². The van der Waals surface area contributed by atoms with E-state index in [0.29, 0.717) is 46.8 Å². The van der Waals surface area contributed by atoms with Gasteiger partial charge in [0.25, 0.3) is 5.91 Å². The first kappa shape index (κ1) is 27.7. The quantitative estimate of drug-likeness (QED) is 0.149. The van der Waals surface area contributed by atoms with Gasteiger partial charge in [0.2, 0.25) is 0 Å². The molecule has 4 aromatic rings. The summed E-state index contributed by atoms with van der Waals surface area (Å²) >= 11 is 4.80. The van der Waals surface area contributed by atoms with Crippen molar-refractivity contribution in [2.75, 3.05) is 13.2 Å². The highest BCUT2D eigenvalue weighted by molar-refractivity contribution is 9.10. The monoisotopic (exact) mass is 614 g/mol. The van der Waals surface area contributed by atoms with E-state index in [1.165, 1.54) is 11.8 Å². The number of hydrogen-bond donors (Lipinski definition) is 0. The summed E-state index contributed by atoms with van der Waals surface area (Å²) in [7, 11) is 0. The Morgan fingerprint density at radius 1 is 0.975 bits per heavy atom. The van der Waals surface area contributed by atoms with Crippen LogP contribution in [-0.4, -0.2) is 35.1 Å². The number of rotatable bonds is 8. The lowest BCUT2D eigenvalue weighted by atomic mass is 10.0. The smallest absolute Gasteiger partial charge is 0.338 e. The van der Waals surface area contributed by atoms with Crippen molar-refractivity contribution in [3.8, 4) is 5.75 Å². The SMILES string of the molecule is CCOC(=O)c1ccc(N=C2S/C(=C\c3c(OCc4ccc(Br)cc4)ccc4ccccc34)C(=O)N2CC)cc1. The predicted octanol–water partition coefficient (Wildman–Crippen LogP) is 7.98. The molecule has 0 saturated carbocycles. The standard InChI is InChI=1S/C32H27BrN2O4S/c1-3-35-30(36)29(40-32(35)34-25-16-11-23(12-17-25)31(37)38-4-2)19-27-26-8-6-5-7-22(26)13-18-28(27)39-20-21-9-14-24(33)15-10-21/h5-19H,3-4,20H2,1-2H3/b29-19-,34-32?. The lowest BCUT2D eigenvalue weighted by Crippen LogP contribution is -2.28. The van der Waals surface area contributed by atoms with Gasteiger partial charge in [0.15, 0.2) is 5.17 Å². The number of thioether (sulfide) groups is 1. The first-order chi connectivity index (χ1) is 19.5. The molecule has 0 aliphatic carbocycles. The molecule has 202 valence electrons. The number of benzene rings is 4. The predicted molar refractivity (Wildman–Crippen MR) is 165 cm³/mol. The number of hydrogen-bond acceptors (Lipinski definition) is 6. The fourth-order valence-corrected chi connectivity index (χ4v) is 5.60. The average Bonchev–Trinajstić information content (AvgIpc) is 3.27. The number of halogens is 1. The topological polar surface area (TPSA) is 68.2 Å². The molecule has 1 aliphatic rings. The van der Waals surface area contributed by atoms with Gasteiger partial charge in [-0.2, -0.15) is 0 Å². The van der Waals surface area contributed by atoms with Crippen molar-refractivity contribution in [3.05, 3.63) is 111 Å². The van der Waals surface area contributed by atoms with Gasteiger partial charge in [-0.05, 0) is 90.5 Å². The number of carbonyl (C=O) groups is 2. The molecule has 4 aromatic carbocycles. The Labute approximate surface area is 245 Å². The highest BCUT2D eigenvalue weighted by Gasteiger charge is 2.32. The van der Waals surface area contributed by atoms with Crippen molar-refractivity contribution in [2.45, 2.75) is 20.5 Å². The fraction of sp³-hybridized carbons (Fsp3) is 0.156. The molecule has 0 unspecified atom stereocenters. The van der Waals surface area contributed by atoms with Crippen molar-refractivity contribution in [2.24, 2.45) is 4.99 Å². The summed E-state index contributed by atoms with van der Waals surface area (Å²) in [5, 5.41) is 2.64. The lowest BCUT2D eigenvalue weighted by Gasteiger charge is -2.13. The average molecular weight is 616 g/mol. The van der Waals surface area contributed by atoms with E-state index in [4.69, 9.17) is 14.5 Å². The summed E-state index contributed by atoms with van der Waals surface area (Å²) in [6, 6.07) is 26.9. The van der Waals surface area contributed by atoms with E-state index >= 15 is 0 Å². The Kier molecular flexibility index (Phi) is 8.67. The van der Waals surface area contributed by atoms with Crippen molar-refractivity contribution >= 4 is 67.3 Å². The second-order valence-electron chi connectivity index (χ2n) is 8.94. The van der Waals surface area contributed by atoms with Crippen LogP contribution in [0.4, 0.5) is 5.69 Å². The molecular weight excluding hydrogens is 588 g/mol. The minimum atomic E-state index is -0.374. The first-order valence-corrected chi connectivity index (χ1v) is 14.5. The van der Waals surface area contributed by atoms with E-state index in [0.717, 1.165) is 26.4 Å². The number of carbonyl (C=O) groups excluding carboxylic acids is 2. The molecule has 0 N–H and O–H groups in total. The maximum atomic E-state index is 13.5. The van der Waals surface area contributed by atoms with Crippen LogP contribution < -0.4 is 4.74 Å². The van der Waals surface area contributed by atoms with Gasteiger partial charge in [-0.25, -0.2) is 9.79 Å². The van der Waals surface area contributed by atoms with E-state index in [2.05, 4.69) is 15.9 Å². The molecule has 1 heterocycles. The van der Waals surface area contributed by atoms with E-state index in [9.17, 15) is 9.59 Å². The van der Waals surface area contributed by atoms with Crippen LogP contribution in [0.3, 0.4) is 0 Å². The highest BCUT2D eigenvalue weighted by Crippen LogP contribution is 2.38. The number of esters is 1. The number of aliphatic imine (C=N–C) groups is 1. The van der Waals surface area contributed by atoms with Crippen LogP contribution in [0.1, 0.15) is 35.3 Å². The third-order valence-electron chi connectivity index (χ3n) is 6.32. The van der Waals surface area contributed by atoms with Gasteiger partial charge in [0.1, 0.15) is 12.4 Å². The van der Waals surface area contributed by atoms with Gasteiger partial charge in [0, 0.05) is 16.6 Å². The Bertz CT molecular complexity index is 1610. The molecule has 40 heavy (non-hydrogen) atoms. The van der Waals surface area contributed by atoms with Crippen LogP contribution >= 0.6 is 27.7 Å². The highest BCUT2D eigenvalue weighted by atomic mass is 79.9. The number of nitrogens with zero attached hydrogens (tertiary/aromatic N) is 2. The second-order valence-corrected chi connectivity index (χ2v) is 10.9. The molecular formula is C32H27BrN2O4S. The molecule has 5 rings (SSSR count). The van der Waals surface area contributed by atoms with E-state index < -0.39 is 0 Å². The second kappa shape index (κ2) is 12.5. The lowest BCUT2D eigenvalue weighted by molar-refractivity contribution is -0.122. The number of amides is 1. The van der Waals surface area contributed by atoms with Gasteiger partial charge in [-0.15, -0.1) is 0 Å². The summed E-state index contributed by atoms with van der Waals surface area (Å²) in [5.41, 5.74) is 3.00. The third kappa shape index (κ3) is 6.13. The number of fused-ring (bicyclic) bond motifs is 1. The molecule has 1 aliphatic heterocycles. The molecule has 0 aromatic heterocycles. The van der Waals surface area contributed by atoms with Gasteiger partial charge < -0.3 is 9.47 Å². The summed E-state index contributed by atoms with van der Waals surface area (Å²) in [5.74, 6) is 0.215. The molecule has 0 bridgehead atoms. The van der Waals surface area contributed by atoms with Crippen LogP contribution in [0, 0.1) is 0 Å². The summed E-state index contributed by atoms with van der Waals surface area (Å²) in [4.78, 5) is 32.4. The molecule has 0 atom stereocenters. The molecule has 1 fully saturated rings. The zero-order chi connectivity index (χ0) is 28.1. The van der Waals surface area contributed by atoms with E-state index in [1.807, 2.05) is 73.7 Å². The maximum Gasteiger partial charge on any atom is 0.338 e. The molecule has 8 heteroatoms. The molecule has 6 nitrogen and oxygen atoms in total. The normalized spacial score (nSPS) is 15.3.